The molecule has 1 heterocycles. The van der Waals surface area contributed by atoms with Crippen molar-refractivity contribution in [1.82, 2.24) is 9.78 Å². The van der Waals surface area contributed by atoms with Crippen LogP contribution in [-0.4, -0.2) is 9.78 Å². The van der Waals surface area contributed by atoms with E-state index in [0.717, 1.165) is 11.3 Å². The highest BCUT2D eigenvalue weighted by Crippen LogP contribution is 2.26. The van der Waals surface area contributed by atoms with Crippen molar-refractivity contribution in [3.05, 3.63) is 65.3 Å². The summed E-state index contributed by atoms with van der Waals surface area (Å²) in [5.74, 6) is 0. The van der Waals surface area contributed by atoms with E-state index in [1.165, 1.54) is 0 Å². The largest absolute Gasteiger partial charge is 0.396 e. The van der Waals surface area contributed by atoms with Gasteiger partial charge in [-0.2, -0.15) is 10.4 Å². The third-order valence-corrected chi connectivity index (χ3v) is 3.35. The van der Waals surface area contributed by atoms with Crippen molar-refractivity contribution in [2.24, 2.45) is 0 Å². The van der Waals surface area contributed by atoms with Crippen LogP contribution in [0.4, 0.5) is 5.69 Å². The second kappa shape index (κ2) is 5.31. The molecule has 0 amide bonds. The monoisotopic (exact) mass is 294 g/mol. The Bertz CT molecular complexity index is 828. The number of benzene rings is 2. The number of halogens is 1. The molecule has 3 aromatic rings. The van der Waals surface area contributed by atoms with Crippen LogP contribution >= 0.6 is 11.6 Å². The van der Waals surface area contributed by atoms with Crippen molar-refractivity contribution in [3.8, 4) is 23.0 Å². The second-order valence-corrected chi connectivity index (χ2v) is 4.98. The molecule has 0 saturated heterocycles. The van der Waals surface area contributed by atoms with E-state index in [1.54, 1.807) is 35.1 Å². The molecule has 4 nitrogen and oxygen atoms in total. The zero-order chi connectivity index (χ0) is 14.8. The Morgan fingerprint density at radius 3 is 2.62 bits per heavy atom. The molecule has 0 spiro atoms. The van der Waals surface area contributed by atoms with Crippen molar-refractivity contribution in [3.63, 3.8) is 0 Å². The zero-order valence-electron chi connectivity index (χ0n) is 11.0. The summed E-state index contributed by atoms with van der Waals surface area (Å²) < 4.78 is 1.69. The average Bonchev–Trinajstić information content (AvgIpc) is 2.90. The van der Waals surface area contributed by atoms with E-state index < -0.39 is 0 Å². The highest BCUT2D eigenvalue weighted by atomic mass is 35.5. The lowest BCUT2D eigenvalue weighted by atomic mass is 10.1. The van der Waals surface area contributed by atoms with Crippen molar-refractivity contribution >= 4 is 17.3 Å². The first-order valence-electron chi connectivity index (χ1n) is 6.29. The van der Waals surface area contributed by atoms with Crippen LogP contribution in [0.3, 0.4) is 0 Å². The average molecular weight is 295 g/mol. The van der Waals surface area contributed by atoms with Gasteiger partial charge in [-0.25, -0.2) is 4.68 Å². The van der Waals surface area contributed by atoms with E-state index in [4.69, 9.17) is 22.6 Å². The second-order valence-electron chi connectivity index (χ2n) is 4.55. The third kappa shape index (κ3) is 2.60. The Morgan fingerprint density at radius 2 is 1.90 bits per heavy atom. The summed E-state index contributed by atoms with van der Waals surface area (Å²) in [4.78, 5) is 0. The molecule has 21 heavy (non-hydrogen) atoms. The SMILES string of the molecule is N#Cc1cccc(-c2nn(-c3ccc(Cl)cc3)cc2N)c1. The van der Waals surface area contributed by atoms with E-state index in [9.17, 15) is 0 Å². The van der Waals surface area contributed by atoms with Gasteiger partial charge >= 0.3 is 0 Å². The molecule has 3 rings (SSSR count). The summed E-state index contributed by atoms with van der Waals surface area (Å²) in [5.41, 5.74) is 9.51. The molecule has 0 aliphatic rings. The zero-order valence-corrected chi connectivity index (χ0v) is 11.7. The molecule has 0 aliphatic carbocycles. The fourth-order valence-corrected chi connectivity index (χ4v) is 2.20. The van der Waals surface area contributed by atoms with Gasteiger partial charge in [0, 0.05) is 10.6 Å². The molecule has 0 bridgehead atoms. The predicted octanol–water partition coefficient (Wildman–Crippen LogP) is 3.65. The molecule has 0 saturated carbocycles. The van der Waals surface area contributed by atoms with Crippen molar-refractivity contribution in [2.75, 3.05) is 5.73 Å². The first kappa shape index (κ1) is 13.2. The van der Waals surface area contributed by atoms with Crippen LogP contribution in [0, 0.1) is 11.3 Å². The van der Waals surface area contributed by atoms with Gasteiger partial charge in [-0.3, -0.25) is 0 Å². The van der Waals surface area contributed by atoms with E-state index in [0.29, 0.717) is 22.0 Å². The molecule has 0 radical (unpaired) electrons. The first-order chi connectivity index (χ1) is 10.2. The minimum atomic E-state index is 0.556. The number of anilines is 1. The number of nitriles is 1. The van der Waals surface area contributed by atoms with E-state index >= 15 is 0 Å². The Labute approximate surface area is 127 Å². The van der Waals surface area contributed by atoms with Crippen molar-refractivity contribution in [1.29, 1.82) is 5.26 Å². The van der Waals surface area contributed by atoms with Gasteiger partial charge in [-0.05, 0) is 36.4 Å². The fourth-order valence-electron chi connectivity index (χ4n) is 2.07. The van der Waals surface area contributed by atoms with Crippen molar-refractivity contribution < 1.29 is 0 Å². The Balaban J connectivity index is 2.05. The minimum Gasteiger partial charge on any atom is -0.396 e. The van der Waals surface area contributed by atoms with Gasteiger partial charge < -0.3 is 5.73 Å². The predicted molar refractivity (Wildman–Crippen MR) is 83.1 cm³/mol. The topological polar surface area (TPSA) is 67.6 Å². The lowest BCUT2D eigenvalue weighted by Gasteiger charge is -2.01. The van der Waals surface area contributed by atoms with Crippen LogP contribution in [0.2, 0.25) is 5.02 Å². The van der Waals surface area contributed by atoms with Gasteiger partial charge in [0.25, 0.3) is 0 Å². The maximum absolute atomic E-state index is 8.97. The smallest absolute Gasteiger partial charge is 0.116 e. The molecule has 0 aliphatic heterocycles. The van der Waals surface area contributed by atoms with Crippen LogP contribution in [0.5, 0.6) is 0 Å². The summed E-state index contributed by atoms with van der Waals surface area (Å²) in [6, 6.07) is 16.6. The summed E-state index contributed by atoms with van der Waals surface area (Å²) in [5, 5.41) is 14.1. The Kier molecular flexibility index (Phi) is 3.35. The lowest BCUT2D eigenvalue weighted by Crippen LogP contribution is -1.94. The van der Waals surface area contributed by atoms with Crippen LogP contribution < -0.4 is 5.73 Å². The first-order valence-corrected chi connectivity index (χ1v) is 6.67. The number of nitrogens with zero attached hydrogens (tertiary/aromatic N) is 3. The third-order valence-electron chi connectivity index (χ3n) is 3.10. The lowest BCUT2D eigenvalue weighted by molar-refractivity contribution is 0.884. The standard InChI is InChI=1S/C16H11ClN4/c17-13-4-6-14(7-5-13)21-10-15(19)16(20-21)12-3-1-2-11(8-12)9-18/h1-8,10H,19H2. The highest BCUT2D eigenvalue weighted by Gasteiger charge is 2.10. The molecule has 5 heteroatoms. The number of rotatable bonds is 2. The number of aromatic nitrogens is 2. The van der Waals surface area contributed by atoms with E-state index in [-0.39, 0.29) is 0 Å². The van der Waals surface area contributed by atoms with Gasteiger partial charge in [0.2, 0.25) is 0 Å². The number of hydrogen-bond donors (Lipinski definition) is 1. The Morgan fingerprint density at radius 1 is 1.14 bits per heavy atom. The van der Waals surface area contributed by atoms with Gasteiger partial charge in [-0.15, -0.1) is 0 Å². The fraction of sp³-hybridized carbons (Fsp3) is 0. The molecule has 1 aromatic heterocycles. The van der Waals surface area contributed by atoms with Crippen molar-refractivity contribution in [2.45, 2.75) is 0 Å². The van der Waals surface area contributed by atoms with Gasteiger partial charge in [0.1, 0.15) is 5.69 Å². The summed E-state index contributed by atoms with van der Waals surface area (Å²) in [6.07, 6.45) is 1.75. The minimum absolute atomic E-state index is 0.556. The number of nitrogens with two attached hydrogens (primary N) is 1. The van der Waals surface area contributed by atoms with Gasteiger partial charge in [0.05, 0.1) is 29.2 Å². The van der Waals surface area contributed by atoms with Crippen LogP contribution in [0.15, 0.2) is 54.7 Å². The van der Waals surface area contributed by atoms with Gasteiger partial charge in [-0.1, -0.05) is 23.7 Å². The molecule has 2 N–H and O–H groups in total. The molecule has 0 atom stereocenters. The number of nitrogen functional groups attached to an aromatic ring is 1. The number of hydrogen-bond acceptors (Lipinski definition) is 3. The molecular weight excluding hydrogens is 284 g/mol. The molecule has 0 fully saturated rings. The Hall–Kier alpha value is -2.77. The molecule has 2 aromatic carbocycles. The van der Waals surface area contributed by atoms with E-state index in [1.807, 2.05) is 24.3 Å². The molecule has 0 unspecified atom stereocenters. The summed E-state index contributed by atoms with van der Waals surface area (Å²) >= 11 is 5.88. The summed E-state index contributed by atoms with van der Waals surface area (Å²) in [6.45, 7) is 0. The molecule has 102 valence electrons. The normalized spacial score (nSPS) is 10.3. The van der Waals surface area contributed by atoms with Crippen LogP contribution in [-0.2, 0) is 0 Å². The molecular formula is C16H11ClN4. The maximum Gasteiger partial charge on any atom is 0.116 e. The van der Waals surface area contributed by atoms with E-state index in [2.05, 4.69) is 11.2 Å². The van der Waals surface area contributed by atoms with Crippen LogP contribution in [0.25, 0.3) is 16.9 Å². The van der Waals surface area contributed by atoms with Gasteiger partial charge in [0.15, 0.2) is 0 Å². The maximum atomic E-state index is 8.97. The highest BCUT2D eigenvalue weighted by molar-refractivity contribution is 6.30. The van der Waals surface area contributed by atoms with Crippen LogP contribution in [0.1, 0.15) is 5.56 Å². The quantitative estimate of drug-likeness (QED) is 0.784. The summed E-state index contributed by atoms with van der Waals surface area (Å²) in [7, 11) is 0.